The summed E-state index contributed by atoms with van der Waals surface area (Å²) in [4.78, 5) is -0.741. The zero-order valence-corrected chi connectivity index (χ0v) is 12.7. The van der Waals surface area contributed by atoms with E-state index in [1.165, 1.54) is 12.1 Å². The van der Waals surface area contributed by atoms with Crippen molar-refractivity contribution in [1.29, 1.82) is 0 Å². The first-order valence-corrected chi connectivity index (χ1v) is 8.42. The van der Waals surface area contributed by atoms with Crippen LogP contribution in [0.4, 0.5) is 13.2 Å². The van der Waals surface area contributed by atoms with E-state index in [0.29, 0.717) is 12.8 Å². The summed E-state index contributed by atoms with van der Waals surface area (Å²) >= 11 is 0. The van der Waals surface area contributed by atoms with Crippen LogP contribution in [0.2, 0.25) is 0 Å². The van der Waals surface area contributed by atoms with Crippen LogP contribution in [-0.4, -0.2) is 14.5 Å². The molecule has 2 aromatic rings. The highest BCUT2D eigenvalue weighted by atomic mass is 32.2. The molecule has 121 valence electrons. The van der Waals surface area contributed by atoms with Gasteiger partial charge in [-0.05, 0) is 42.2 Å². The normalized spacial score (nSPS) is 15.6. The van der Waals surface area contributed by atoms with Gasteiger partial charge < -0.3 is 0 Å². The molecule has 1 unspecified atom stereocenters. The first kappa shape index (κ1) is 16.0. The van der Waals surface area contributed by atoms with Crippen molar-refractivity contribution in [2.75, 3.05) is 0 Å². The molecule has 0 aliphatic heterocycles. The molecule has 1 N–H and O–H groups in total. The molecule has 0 amide bonds. The molecular weight excluding hydrogens is 327 g/mol. The molecule has 1 aliphatic carbocycles. The zero-order chi connectivity index (χ0) is 16.7. The lowest BCUT2D eigenvalue weighted by molar-refractivity contribution is -0.139. The highest BCUT2D eigenvalue weighted by molar-refractivity contribution is 7.89. The molecular formula is C16H13F3NO2S. The standard InChI is InChI=1S/C16H13F3NO2S/c17-16(18,19)14-7-3-4-8-15(14)23(21,22)20-13-9-11-5-1-2-6-12(11)10-13/h1,3-8,13,20H,9-10H2. The maximum absolute atomic E-state index is 13.0. The minimum atomic E-state index is -4.72. The Morgan fingerprint density at radius 3 is 2.48 bits per heavy atom. The van der Waals surface area contributed by atoms with E-state index < -0.39 is 32.7 Å². The first-order valence-electron chi connectivity index (χ1n) is 6.94. The molecule has 3 rings (SSSR count). The smallest absolute Gasteiger partial charge is 0.207 e. The predicted octanol–water partition coefficient (Wildman–Crippen LogP) is 2.95. The lowest BCUT2D eigenvalue weighted by Crippen LogP contribution is -2.36. The van der Waals surface area contributed by atoms with Crippen molar-refractivity contribution in [3.8, 4) is 0 Å². The molecule has 0 fully saturated rings. The molecule has 0 spiro atoms. The number of alkyl halides is 3. The fourth-order valence-electron chi connectivity index (χ4n) is 2.79. The average molecular weight is 340 g/mol. The third-order valence-corrected chi connectivity index (χ3v) is 5.37. The summed E-state index contributed by atoms with van der Waals surface area (Å²) in [6.07, 6.45) is -3.82. The maximum atomic E-state index is 13.0. The van der Waals surface area contributed by atoms with Crippen molar-refractivity contribution < 1.29 is 21.6 Å². The molecule has 0 heterocycles. The largest absolute Gasteiger partial charge is 0.417 e. The number of sulfonamides is 1. The number of hydrogen-bond donors (Lipinski definition) is 1. The summed E-state index contributed by atoms with van der Waals surface area (Å²) in [6.45, 7) is 0. The Morgan fingerprint density at radius 1 is 1.09 bits per heavy atom. The van der Waals surface area contributed by atoms with Gasteiger partial charge in [-0.2, -0.15) is 13.2 Å². The first-order chi connectivity index (χ1) is 10.8. The zero-order valence-electron chi connectivity index (χ0n) is 11.9. The van der Waals surface area contributed by atoms with E-state index >= 15 is 0 Å². The number of fused-ring (bicyclic) bond motifs is 1. The number of halogens is 3. The second-order valence-electron chi connectivity index (χ2n) is 5.42. The van der Waals surface area contributed by atoms with Crippen molar-refractivity contribution in [3.05, 3.63) is 65.2 Å². The minimum Gasteiger partial charge on any atom is -0.207 e. The highest BCUT2D eigenvalue weighted by Gasteiger charge is 2.37. The van der Waals surface area contributed by atoms with Gasteiger partial charge in [-0.1, -0.05) is 30.3 Å². The molecule has 0 saturated carbocycles. The van der Waals surface area contributed by atoms with Gasteiger partial charge >= 0.3 is 6.18 Å². The van der Waals surface area contributed by atoms with Gasteiger partial charge in [0.2, 0.25) is 10.0 Å². The molecule has 0 aromatic heterocycles. The van der Waals surface area contributed by atoms with E-state index in [1.807, 2.05) is 6.07 Å². The van der Waals surface area contributed by atoms with Gasteiger partial charge in [0.25, 0.3) is 0 Å². The van der Waals surface area contributed by atoms with Crippen LogP contribution >= 0.6 is 0 Å². The predicted molar refractivity (Wildman–Crippen MR) is 78.2 cm³/mol. The van der Waals surface area contributed by atoms with Gasteiger partial charge in [-0.15, -0.1) is 0 Å². The fourth-order valence-corrected chi connectivity index (χ4v) is 4.25. The van der Waals surface area contributed by atoms with Crippen LogP contribution in [0, 0.1) is 6.07 Å². The number of nitrogens with one attached hydrogen (secondary N) is 1. The highest BCUT2D eigenvalue weighted by Crippen LogP contribution is 2.34. The summed E-state index contributed by atoms with van der Waals surface area (Å²) in [5.41, 5.74) is 0.793. The third kappa shape index (κ3) is 3.25. The van der Waals surface area contributed by atoms with Crippen molar-refractivity contribution in [2.24, 2.45) is 0 Å². The van der Waals surface area contributed by atoms with Gasteiger partial charge in [0, 0.05) is 6.04 Å². The molecule has 3 nitrogen and oxygen atoms in total. The Balaban J connectivity index is 1.87. The van der Waals surface area contributed by atoms with Crippen molar-refractivity contribution in [3.63, 3.8) is 0 Å². The minimum absolute atomic E-state index is 0.445. The lowest BCUT2D eigenvalue weighted by Gasteiger charge is -2.16. The summed E-state index contributed by atoms with van der Waals surface area (Å²) in [5, 5.41) is 0. The van der Waals surface area contributed by atoms with Gasteiger partial charge in [-0.25, -0.2) is 13.1 Å². The van der Waals surface area contributed by atoms with Crippen LogP contribution in [0.25, 0.3) is 0 Å². The SMILES string of the molecule is O=S(=O)(NC1Cc2c[c]ccc2C1)c1ccccc1C(F)(F)F. The van der Waals surface area contributed by atoms with E-state index in [9.17, 15) is 21.6 Å². The van der Waals surface area contributed by atoms with Crippen LogP contribution < -0.4 is 4.72 Å². The van der Waals surface area contributed by atoms with E-state index in [0.717, 1.165) is 23.3 Å². The fraction of sp³-hybridized carbons (Fsp3) is 0.250. The quantitative estimate of drug-likeness (QED) is 0.934. The van der Waals surface area contributed by atoms with Crippen LogP contribution in [0.5, 0.6) is 0 Å². The van der Waals surface area contributed by atoms with Crippen LogP contribution in [0.1, 0.15) is 16.7 Å². The summed E-state index contributed by atoms with van der Waals surface area (Å²) < 4.78 is 66.2. The van der Waals surface area contributed by atoms with E-state index in [1.54, 1.807) is 12.1 Å². The number of hydrogen-bond acceptors (Lipinski definition) is 2. The van der Waals surface area contributed by atoms with Gasteiger partial charge in [0.1, 0.15) is 0 Å². The molecule has 0 saturated heterocycles. The average Bonchev–Trinajstić information content (AvgIpc) is 2.87. The monoisotopic (exact) mass is 340 g/mol. The molecule has 23 heavy (non-hydrogen) atoms. The number of benzene rings is 2. The van der Waals surface area contributed by atoms with Crippen LogP contribution in [0.3, 0.4) is 0 Å². The van der Waals surface area contributed by atoms with Crippen molar-refractivity contribution in [2.45, 2.75) is 30.0 Å². The molecule has 2 aromatic carbocycles. The Labute approximate surface area is 132 Å². The molecule has 0 bridgehead atoms. The number of rotatable bonds is 3. The van der Waals surface area contributed by atoms with Gasteiger partial charge in [0.05, 0.1) is 10.5 Å². The molecule has 1 aliphatic rings. The summed E-state index contributed by atoms with van der Waals surface area (Å²) in [5.74, 6) is 0. The van der Waals surface area contributed by atoms with Crippen molar-refractivity contribution >= 4 is 10.0 Å². The van der Waals surface area contributed by atoms with Gasteiger partial charge in [-0.3, -0.25) is 0 Å². The molecule has 7 heteroatoms. The second kappa shape index (κ2) is 5.65. The third-order valence-electron chi connectivity index (χ3n) is 3.79. The Bertz CT molecular complexity index is 806. The van der Waals surface area contributed by atoms with E-state index in [2.05, 4.69) is 10.8 Å². The van der Waals surface area contributed by atoms with Crippen LogP contribution in [-0.2, 0) is 29.0 Å². The molecule has 1 radical (unpaired) electrons. The lowest BCUT2D eigenvalue weighted by atomic mass is 10.1. The Morgan fingerprint density at radius 2 is 1.78 bits per heavy atom. The maximum Gasteiger partial charge on any atom is 0.417 e. The molecule has 1 atom stereocenters. The summed E-state index contributed by atoms with van der Waals surface area (Å²) in [6, 6.07) is 12.0. The second-order valence-corrected chi connectivity index (χ2v) is 7.10. The van der Waals surface area contributed by atoms with Crippen molar-refractivity contribution in [1.82, 2.24) is 4.72 Å². The van der Waals surface area contributed by atoms with E-state index in [4.69, 9.17) is 0 Å². The Hall–Kier alpha value is -1.86. The Kier molecular flexibility index (Phi) is 3.93. The van der Waals surface area contributed by atoms with Crippen LogP contribution in [0.15, 0.2) is 47.4 Å². The van der Waals surface area contributed by atoms with Gasteiger partial charge in [0.15, 0.2) is 0 Å². The van der Waals surface area contributed by atoms with E-state index in [-0.39, 0.29) is 0 Å². The summed E-state index contributed by atoms with van der Waals surface area (Å²) in [7, 11) is -4.26. The topological polar surface area (TPSA) is 46.2 Å².